The van der Waals surface area contributed by atoms with Crippen LogP contribution in [0.3, 0.4) is 0 Å². The second kappa shape index (κ2) is 10.7. The van der Waals surface area contributed by atoms with E-state index >= 15 is 0 Å². The smallest absolute Gasteiger partial charge is 0.193 e. The zero-order chi connectivity index (χ0) is 13.4. The summed E-state index contributed by atoms with van der Waals surface area (Å²) in [5.74, 6) is 1.71. The number of aliphatic imine (C=N–C) groups is 1. The Hall–Kier alpha value is -0.0400. The van der Waals surface area contributed by atoms with Gasteiger partial charge in [-0.3, -0.25) is 4.99 Å². The molecule has 0 atom stereocenters. The first-order valence-electron chi connectivity index (χ1n) is 7.42. The maximum Gasteiger partial charge on any atom is 0.193 e. The summed E-state index contributed by atoms with van der Waals surface area (Å²) in [6.45, 7) is 10.2. The molecule has 2 N–H and O–H groups in total. The van der Waals surface area contributed by atoms with Crippen molar-refractivity contribution in [3.05, 3.63) is 0 Å². The number of aliphatic hydroxyl groups is 1. The van der Waals surface area contributed by atoms with Gasteiger partial charge in [-0.2, -0.15) is 0 Å². The topological polar surface area (TPSA) is 47.9 Å². The van der Waals surface area contributed by atoms with Gasteiger partial charge >= 0.3 is 0 Å². The first-order chi connectivity index (χ1) is 8.71. The van der Waals surface area contributed by atoms with E-state index < -0.39 is 0 Å². The highest BCUT2D eigenvalue weighted by molar-refractivity contribution is 14.0. The minimum absolute atomic E-state index is 0. The summed E-state index contributed by atoms with van der Waals surface area (Å²) in [5, 5.41) is 12.9. The highest BCUT2D eigenvalue weighted by Gasteiger charge is 2.19. The van der Waals surface area contributed by atoms with Gasteiger partial charge in [-0.1, -0.05) is 26.7 Å². The predicted octanol–water partition coefficient (Wildman–Crippen LogP) is 2.46. The number of hydrogen-bond acceptors (Lipinski definition) is 2. The molecule has 0 amide bonds. The molecule has 1 aliphatic rings. The van der Waals surface area contributed by atoms with E-state index in [4.69, 9.17) is 4.99 Å². The van der Waals surface area contributed by atoms with Gasteiger partial charge in [0.15, 0.2) is 5.96 Å². The lowest BCUT2D eigenvalue weighted by molar-refractivity contribution is 0.108. The van der Waals surface area contributed by atoms with E-state index in [1.54, 1.807) is 0 Å². The molecule has 0 radical (unpaired) electrons. The Bertz CT molecular complexity index is 249. The van der Waals surface area contributed by atoms with Gasteiger partial charge in [0.25, 0.3) is 0 Å². The molecule has 1 fully saturated rings. The lowest BCUT2D eigenvalue weighted by atomic mass is 10.0. The molecular formula is C14H30IN3O. The van der Waals surface area contributed by atoms with E-state index in [1.807, 2.05) is 0 Å². The van der Waals surface area contributed by atoms with Crippen molar-refractivity contribution in [2.45, 2.75) is 52.6 Å². The Morgan fingerprint density at radius 3 is 2.32 bits per heavy atom. The van der Waals surface area contributed by atoms with E-state index in [-0.39, 0.29) is 30.1 Å². The molecule has 1 rings (SSSR count). The maximum atomic E-state index is 9.55. The molecule has 1 heterocycles. The first kappa shape index (κ1) is 19.0. The largest absolute Gasteiger partial charge is 0.393 e. The van der Waals surface area contributed by atoms with E-state index in [0.29, 0.717) is 5.92 Å². The molecule has 0 aromatic rings. The number of rotatable bonds is 5. The third-order valence-electron chi connectivity index (χ3n) is 3.75. The number of piperidine rings is 1. The number of nitrogens with one attached hydrogen (secondary N) is 1. The Labute approximate surface area is 135 Å². The quantitative estimate of drug-likeness (QED) is 0.436. The number of guanidine groups is 1. The zero-order valence-electron chi connectivity index (χ0n) is 12.6. The van der Waals surface area contributed by atoms with Crippen LogP contribution in [-0.2, 0) is 0 Å². The fraction of sp³-hybridized carbons (Fsp3) is 0.929. The van der Waals surface area contributed by atoms with Gasteiger partial charge in [0.05, 0.1) is 6.10 Å². The molecule has 0 bridgehead atoms. The molecule has 1 saturated heterocycles. The Kier molecular flexibility index (Phi) is 10.7. The second-order valence-electron chi connectivity index (χ2n) is 5.10. The minimum atomic E-state index is -0.122. The number of nitrogens with zero attached hydrogens (tertiary/aromatic N) is 2. The third-order valence-corrected chi connectivity index (χ3v) is 3.75. The van der Waals surface area contributed by atoms with Crippen molar-refractivity contribution in [2.75, 3.05) is 26.2 Å². The Morgan fingerprint density at radius 2 is 1.84 bits per heavy atom. The van der Waals surface area contributed by atoms with Crippen molar-refractivity contribution in [2.24, 2.45) is 10.9 Å². The summed E-state index contributed by atoms with van der Waals surface area (Å²) in [6.07, 6.45) is 3.98. The molecule has 0 aromatic carbocycles. The van der Waals surface area contributed by atoms with Gasteiger partial charge in [-0.25, -0.2) is 0 Å². The van der Waals surface area contributed by atoms with E-state index in [2.05, 4.69) is 31.0 Å². The lowest BCUT2D eigenvalue weighted by Gasteiger charge is -2.32. The van der Waals surface area contributed by atoms with Gasteiger partial charge in [-0.05, 0) is 25.7 Å². The van der Waals surface area contributed by atoms with Crippen LogP contribution in [0.1, 0.15) is 46.5 Å². The molecule has 0 aromatic heterocycles. The summed E-state index contributed by atoms with van der Waals surface area (Å²) in [6, 6.07) is 0. The minimum Gasteiger partial charge on any atom is -0.393 e. The van der Waals surface area contributed by atoms with Crippen LogP contribution in [0.25, 0.3) is 0 Å². The third kappa shape index (κ3) is 6.79. The molecule has 4 nitrogen and oxygen atoms in total. The van der Waals surface area contributed by atoms with Gasteiger partial charge < -0.3 is 15.3 Å². The van der Waals surface area contributed by atoms with Crippen molar-refractivity contribution >= 4 is 29.9 Å². The van der Waals surface area contributed by atoms with Crippen LogP contribution >= 0.6 is 24.0 Å². The van der Waals surface area contributed by atoms with E-state index in [1.165, 1.54) is 12.8 Å². The van der Waals surface area contributed by atoms with Crippen molar-refractivity contribution in [3.8, 4) is 0 Å². The van der Waals surface area contributed by atoms with Crippen molar-refractivity contribution in [3.63, 3.8) is 0 Å². The van der Waals surface area contributed by atoms with Gasteiger partial charge in [-0.15, -0.1) is 24.0 Å². The molecule has 0 unspecified atom stereocenters. The van der Waals surface area contributed by atoms with Crippen molar-refractivity contribution in [1.29, 1.82) is 0 Å². The van der Waals surface area contributed by atoms with Crippen LogP contribution in [0.2, 0.25) is 0 Å². The number of halogens is 1. The molecule has 114 valence electrons. The highest BCUT2D eigenvalue weighted by atomic mass is 127. The van der Waals surface area contributed by atoms with Crippen LogP contribution < -0.4 is 5.32 Å². The zero-order valence-corrected chi connectivity index (χ0v) is 14.9. The number of likely N-dealkylation sites (tertiary alicyclic amines) is 1. The van der Waals surface area contributed by atoms with Crippen LogP contribution in [-0.4, -0.2) is 48.2 Å². The lowest BCUT2D eigenvalue weighted by Crippen LogP contribution is -2.46. The fourth-order valence-corrected chi connectivity index (χ4v) is 2.27. The van der Waals surface area contributed by atoms with Crippen LogP contribution in [0, 0.1) is 5.92 Å². The van der Waals surface area contributed by atoms with Crippen molar-refractivity contribution in [1.82, 2.24) is 10.2 Å². The van der Waals surface area contributed by atoms with Crippen LogP contribution in [0.5, 0.6) is 0 Å². The molecule has 1 aliphatic heterocycles. The van der Waals surface area contributed by atoms with E-state index in [0.717, 1.165) is 45.0 Å². The van der Waals surface area contributed by atoms with Crippen LogP contribution in [0.15, 0.2) is 4.99 Å². The molecule has 0 spiro atoms. The predicted molar refractivity (Wildman–Crippen MR) is 92.3 cm³/mol. The summed E-state index contributed by atoms with van der Waals surface area (Å²) < 4.78 is 0. The standard InChI is InChI=1S/C14H29N3O.HI/c1-4-12(5-2)11-16-14(15-6-3)17-9-7-13(18)8-10-17;/h12-13,18H,4-11H2,1-3H3,(H,15,16);1H. The average molecular weight is 383 g/mol. The van der Waals surface area contributed by atoms with Gasteiger partial charge in [0, 0.05) is 26.2 Å². The molecular weight excluding hydrogens is 353 g/mol. The fourth-order valence-electron chi connectivity index (χ4n) is 2.27. The summed E-state index contributed by atoms with van der Waals surface area (Å²) in [5.41, 5.74) is 0. The SMILES string of the molecule is CCNC(=NCC(CC)CC)N1CCC(O)CC1.I. The van der Waals surface area contributed by atoms with Crippen molar-refractivity contribution < 1.29 is 5.11 Å². The number of aliphatic hydroxyl groups excluding tert-OH is 1. The number of hydrogen-bond donors (Lipinski definition) is 2. The molecule has 0 saturated carbocycles. The highest BCUT2D eigenvalue weighted by Crippen LogP contribution is 2.11. The van der Waals surface area contributed by atoms with E-state index in [9.17, 15) is 5.11 Å². The van der Waals surface area contributed by atoms with Crippen LogP contribution in [0.4, 0.5) is 0 Å². The Balaban J connectivity index is 0.00000324. The molecule has 0 aliphatic carbocycles. The van der Waals surface area contributed by atoms with Gasteiger partial charge in [0.1, 0.15) is 0 Å². The summed E-state index contributed by atoms with van der Waals surface area (Å²) >= 11 is 0. The summed E-state index contributed by atoms with van der Waals surface area (Å²) in [4.78, 5) is 7.03. The summed E-state index contributed by atoms with van der Waals surface area (Å²) in [7, 11) is 0. The average Bonchev–Trinajstić information content (AvgIpc) is 2.39. The van der Waals surface area contributed by atoms with Gasteiger partial charge in [0.2, 0.25) is 0 Å². The monoisotopic (exact) mass is 383 g/mol. The molecule has 19 heavy (non-hydrogen) atoms. The molecule has 5 heteroatoms. The second-order valence-corrected chi connectivity index (χ2v) is 5.10. The maximum absolute atomic E-state index is 9.55. The first-order valence-corrected chi connectivity index (χ1v) is 7.42. The normalized spacial score (nSPS) is 17.5. The Morgan fingerprint density at radius 1 is 1.26 bits per heavy atom.